The van der Waals surface area contributed by atoms with Crippen LogP contribution in [0.4, 0.5) is 19.0 Å². The normalized spacial score (nSPS) is 15.2. The average Bonchev–Trinajstić information content (AvgIpc) is 3.43. The smallest absolute Gasteiger partial charge is 0.261 e. The molecule has 0 atom stereocenters. The topological polar surface area (TPSA) is 73.0 Å². The Kier molecular flexibility index (Phi) is 4.09. The van der Waals surface area contributed by atoms with E-state index in [4.69, 9.17) is 4.42 Å². The second-order valence-corrected chi connectivity index (χ2v) is 7.54. The number of aryl methyl sites for hydroxylation is 1. The van der Waals surface area contributed by atoms with Gasteiger partial charge in [0, 0.05) is 24.4 Å². The Morgan fingerprint density at radius 3 is 2.80 bits per heavy atom. The molecule has 1 aliphatic carbocycles. The third-order valence-corrected chi connectivity index (χ3v) is 5.57. The van der Waals surface area contributed by atoms with Crippen molar-refractivity contribution in [2.75, 3.05) is 5.32 Å². The molecule has 0 saturated heterocycles. The fourth-order valence-corrected chi connectivity index (χ4v) is 3.80. The van der Waals surface area contributed by atoms with Gasteiger partial charge in [-0.3, -0.25) is 4.79 Å². The van der Waals surface area contributed by atoms with Gasteiger partial charge in [-0.25, -0.2) is 23.1 Å². The number of alkyl halides is 2. The van der Waals surface area contributed by atoms with Gasteiger partial charge in [0.1, 0.15) is 29.0 Å². The predicted octanol–water partition coefficient (Wildman–Crippen LogP) is 4.35. The maximum absolute atomic E-state index is 13.8. The number of halogens is 3. The SMILES string of the molecule is Cc1nc(NCc2cccc3c(F)coc23)c2cn(C3(C(F)F)CC3)c(=O)cc2n1. The van der Waals surface area contributed by atoms with Crippen LogP contribution < -0.4 is 10.9 Å². The van der Waals surface area contributed by atoms with Gasteiger partial charge >= 0.3 is 0 Å². The van der Waals surface area contributed by atoms with Gasteiger partial charge in [-0.2, -0.15) is 0 Å². The molecule has 3 aromatic heterocycles. The highest BCUT2D eigenvalue weighted by Crippen LogP contribution is 2.48. The maximum atomic E-state index is 13.8. The van der Waals surface area contributed by atoms with Crippen LogP contribution in [-0.2, 0) is 12.1 Å². The number of rotatable bonds is 5. The first-order valence-electron chi connectivity index (χ1n) is 9.47. The summed E-state index contributed by atoms with van der Waals surface area (Å²) in [6, 6.07) is 6.40. The van der Waals surface area contributed by atoms with E-state index in [1.165, 1.54) is 12.3 Å². The van der Waals surface area contributed by atoms with Crippen LogP contribution in [0.1, 0.15) is 24.2 Å². The number of aromatic nitrogens is 3. The number of fused-ring (bicyclic) bond motifs is 2. The summed E-state index contributed by atoms with van der Waals surface area (Å²) in [5, 5.41) is 3.99. The van der Waals surface area contributed by atoms with Gasteiger partial charge in [-0.1, -0.05) is 12.1 Å². The molecule has 154 valence electrons. The first kappa shape index (κ1) is 18.7. The molecule has 1 aliphatic rings. The van der Waals surface area contributed by atoms with Crippen LogP contribution in [0.3, 0.4) is 0 Å². The highest BCUT2D eigenvalue weighted by molar-refractivity contribution is 5.88. The van der Waals surface area contributed by atoms with Crippen LogP contribution in [0.25, 0.3) is 21.9 Å². The van der Waals surface area contributed by atoms with Crippen LogP contribution in [0.15, 0.2) is 45.9 Å². The fourth-order valence-electron chi connectivity index (χ4n) is 3.80. The van der Waals surface area contributed by atoms with E-state index in [2.05, 4.69) is 15.3 Å². The van der Waals surface area contributed by atoms with E-state index in [-0.39, 0.29) is 19.4 Å². The minimum Gasteiger partial charge on any atom is -0.461 e. The third kappa shape index (κ3) is 2.84. The Morgan fingerprint density at radius 2 is 2.07 bits per heavy atom. The number of hydrogen-bond donors (Lipinski definition) is 1. The van der Waals surface area contributed by atoms with Gasteiger partial charge in [-0.05, 0) is 25.8 Å². The van der Waals surface area contributed by atoms with Crippen molar-refractivity contribution in [2.24, 2.45) is 0 Å². The number of nitrogens with zero attached hydrogens (tertiary/aromatic N) is 3. The van der Waals surface area contributed by atoms with E-state index in [1.54, 1.807) is 25.1 Å². The molecule has 30 heavy (non-hydrogen) atoms. The average molecular weight is 414 g/mol. The number of furan rings is 1. The van der Waals surface area contributed by atoms with Gasteiger partial charge in [0.2, 0.25) is 0 Å². The van der Waals surface area contributed by atoms with E-state index in [0.717, 1.165) is 10.8 Å². The molecule has 0 unspecified atom stereocenters. The quantitative estimate of drug-likeness (QED) is 0.526. The van der Waals surface area contributed by atoms with Crippen molar-refractivity contribution in [3.8, 4) is 0 Å². The predicted molar refractivity (Wildman–Crippen MR) is 105 cm³/mol. The minimum absolute atomic E-state index is 0.248. The second kappa shape index (κ2) is 6.58. The van der Waals surface area contributed by atoms with Crippen molar-refractivity contribution >= 4 is 27.7 Å². The van der Waals surface area contributed by atoms with Crippen molar-refractivity contribution in [1.82, 2.24) is 14.5 Å². The highest BCUT2D eigenvalue weighted by Gasteiger charge is 2.53. The van der Waals surface area contributed by atoms with Crippen LogP contribution in [0.2, 0.25) is 0 Å². The Labute approximate surface area is 168 Å². The summed E-state index contributed by atoms with van der Waals surface area (Å²) in [6.45, 7) is 1.94. The van der Waals surface area contributed by atoms with Crippen LogP contribution >= 0.6 is 0 Å². The summed E-state index contributed by atoms with van der Waals surface area (Å²) < 4.78 is 47.4. The number of nitrogens with one attached hydrogen (secondary N) is 1. The van der Waals surface area contributed by atoms with Crippen LogP contribution in [0.5, 0.6) is 0 Å². The van der Waals surface area contributed by atoms with Crippen LogP contribution in [0, 0.1) is 12.7 Å². The lowest BCUT2D eigenvalue weighted by molar-refractivity contribution is 0.0654. The molecule has 3 heterocycles. The summed E-state index contributed by atoms with van der Waals surface area (Å²) in [5.41, 5.74) is -0.465. The monoisotopic (exact) mass is 414 g/mol. The zero-order valence-electron chi connectivity index (χ0n) is 16.0. The summed E-state index contributed by atoms with van der Waals surface area (Å²) in [5.74, 6) is 0.390. The number of para-hydroxylation sites is 1. The van der Waals surface area contributed by atoms with Crippen LogP contribution in [-0.4, -0.2) is 21.0 Å². The molecular weight excluding hydrogens is 397 g/mol. The first-order valence-corrected chi connectivity index (χ1v) is 9.47. The molecule has 0 spiro atoms. The second-order valence-electron chi connectivity index (χ2n) is 7.54. The molecule has 0 amide bonds. The maximum Gasteiger partial charge on any atom is 0.261 e. The molecule has 1 fully saturated rings. The lowest BCUT2D eigenvalue weighted by Crippen LogP contribution is -2.35. The Balaban J connectivity index is 1.57. The molecule has 9 heteroatoms. The summed E-state index contributed by atoms with van der Waals surface area (Å²) in [7, 11) is 0. The summed E-state index contributed by atoms with van der Waals surface area (Å²) in [6.07, 6.45) is 0.319. The molecule has 1 N–H and O–H groups in total. The van der Waals surface area contributed by atoms with Crippen molar-refractivity contribution < 1.29 is 17.6 Å². The van der Waals surface area contributed by atoms with Gasteiger partial charge in [-0.15, -0.1) is 0 Å². The van der Waals surface area contributed by atoms with Gasteiger partial charge < -0.3 is 14.3 Å². The molecule has 4 aromatic rings. The Morgan fingerprint density at radius 1 is 1.27 bits per heavy atom. The third-order valence-electron chi connectivity index (χ3n) is 5.57. The first-order chi connectivity index (χ1) is 14.4. The molecule has 0 bridgehead atoms. The number of hydrogen-bond acceptors (Lipinski definition) is 5. The molecule has 1 saturated carbocycles. The Hall–Kier alpha value is -3.36. The van der Waals surface area contributed by atoms with Gasteiger partial charge in [0.05, 0.1) is 16.3 Å². The molecule has 6 nitrogen and oxygen atoms in total. The number of benzene rings is 1. The highest BCUT2D eigenvalue weighted by atomic mass is 19.3. The molecular formula is C21H17F3N4O2. The lowest BCUT2D eigenvalue weighted by Gasteiger charge is -2.19. The summed E-state index contributed by atoms with van der Waals surface area (Å²) in [4.78, 5) is 21.1. The molecule has 0 radical (unpaired) electrons. The number of pyridine rings is 1. The Bertz CT molecular complexity index is 1340. The molecule has 5 rings (SSSR count). The molecule has 0 aliphatic heterocycles. The summed E-state index contributed by atoms with van der Waals surface area (Å²) >= 11 is 0. The molecule has 1 aromatic carbocycles. The van der Waals surface area contributed by atoms with E-state index in [9.17, 15) is 18.0 Å². The van der Waals surface area contributed by atoms with E-state index in [1.807, 2.05) is 0 Å². The minimum atomic E-state index is -2.64. The van der Waals surface area contributed by atoms with Crippen molar-refractivity contribution in [3.63, 3.8) is 0 Å². The van der Waals surface area contributed by atoms with Crippen molar-refractivity contribution in [2.45, 2.75) is 38.3 Å². The fraction of sp³-hybridized carbons (Fsp3) is 0.286. The standard InChI is InChI=1S/C21H17F3N4O2/c1-11-26-16-7-17(29)28(21(5-6-21)20(23)24)9-14(16)19(27-11)25-8-12-3-2-4-13-15(22)10-30-18(12)13/h2-4,7,9-10,20H,5-6,8H2,1H3,(H,25,26,27). The lowest BCUT2D eigenvalue weighted by atomic mass is 10.1. The van der Waals surface area contributed by atoms with E-state index >= 15 is 0 Å². The number of anilines is 1. The largest absolute Gasteiger partial charge is 0.461 e. The van der Waals surface area contributed by atoms with E-state index in [0.29, 0.717) is 39.1 Å². The van der Waals surface area contributed by atoms with Gasteiger partial charge in [0.15, 0.2) is 5.82 Å². The van der Waals surface area contributed by atoms with Crippen molar-refractivity contribution in [3.05, 3.63) is 64.3 Å². The van der Waals surface area contributed by atoms with E-state index < -0.39 is 23.3 Å². The zero-order chi connectivity index (χ0) is 21.0. The zero-order valence-corrected chi connectivity index (χ0v) is 16.0. The van der Waals surface area contributed by atoms with Crippen molar-refractivity contribution in [1.29, 1.82) is 0 Å². The van der Waals surface area contributed by atoms with Gasteiger partial charge in [0.25, 0.3) is 12.0 Å².